The first kappa shape index (κ1) is 21.0. The topological polar surface area (TPSA) is 59.1 Å². The van der Waals surface area contributed by atoms with Gasteiger partial charge < -0.3 is 19.3 Å². The summed E-state index contributed by atoms with van der Waals surface area (Å²) in [6, 6.07) is 8.35. The fraction of sp³-hybridized carbons (Fsp3) is 0.667. The fourth-order valence-electron chi connectivity index (χ4n) is 5.88. The molecule has 0 bridgehead atoms. The van der Waals surface area contributed by atoms with Crippen molar-refractivity contribution < 1.29 is 19.1 Å². The van der Waals surface area contributed by atoms with E-state index in [0.717, 1.165) is 44.5 Å². The zero-order chi connectivity index (χ0) is 21.5. The van der Waals surface area contributed by atoms with Crippen molar-refractivity contribution in [2.75, 3.05) is 34.4 Å². The number of hydrogen-bond acceptors (Lipinski definition) is 4. The molecule has 0 radical (unpaired) electrons. The Labute approximate surface area is 179 Å². The summed E-state index contributed by atoms with van der Waals surface area (Å²) in [7, 11) is 4.89. The SMILES string of the molecule is COC(=O)N(C)C1(C)CC(C(=O)N2CCC3(CC2)CC(c2ccccc2OC)C3)C1. The lowest BCUT2D eigenvalue weighted by atomic mass is 9.56. The number of likely N-dealkylation sites (tertiary alicyclic amines) is 1. The van der Waals surface area contributed by atoms with Gasteiger partial charge in [-0.05, 0) is 68.4 Å². The molecule has 0 unspecified atom stereocenters. The molecule has 0 N–H and O–H groups in total. The maximum atomic E-state index is 13.0. The van der Waals surface area contributed by atoms with Crippen LogP contribution in [-0.2, 0) is 9.53 Å². The third-order valence-electron chi connectivity index (χ3n) is 8.05. The van der Waals surface area contributed by atoms with E-state index >= 15 is 0 Å². The van der Waals surface area contributed by atoms with Crippen molar-refractivity contribution in [3.63, 3.8) is 0 Å². The zero-order valence-electron chi connectivity index (χ0n) is 18.6. The summed E-state index contributed by atoms with van der Waals surface area (Å²) in [6.45, 7) is 3.75. The number of ether oxygens (including phenoxy) is 2. The molecule has 1 saturated heterocycles. The van der Waals surface area contributed by atoms with E-state index in [2.05, 4.69) is 17.0 Å². The summed E-state index contributed by atoms with van der Waals surface area (Å²) in [5.74, 6) is 1.86. The molecule has 1 heterocycles. The van der Waals surface area contributed by atoms with Crippen LogP contribution in [0.15, 0.2) is 24.3 Å². The van der Waals surface area contributed by atoms with Crippen LogP contribution < -0.4 is 4.74 Å². The van der Waals surface area contributed by atoms with Gasteiger partial charge in [0.1, 0.15) is 5.75 Å². The van der Waals surface area contributed by atoms with Crippen molar-refractivity contribution in [1.29, 1.82) is 0 Å². The average molecular weight is 415 g/mol. The summed E-state index contributed by atoms with van der Waals surface area (Å²) in [5, 5.41) is 0. The van der Waals surface area contributed by atoms with Crippen LogP contribution in [-0.4, -0.2) is 61.7 Å². The monoisotopic (exact) mass is 414 g/mol. The molecule has 30 heavy (non-hydrogen) atoms. The second kappa shape index (κ2) is 7.78. The number of amides is 2. The maximum Gasteiger partial charge on any atom is 0.409 e. The van der Waals surface area contributed by atoms with E-state index in [9.17, 15) is 9.59 Å². The number of carbonyl (C=O) groups excluding carboxylic acids is 2. The zero-order valence-corrected chi connectivity index (χ0v) is 18.6. The Hall–Kier alpha value is -2.24. The molecule has 1 aliphatic heterocycles. The highest BCUT2D eigenvalue weighted by molar-refractivity contribution is 5.81. The van der Waals surface area contributed by atoms with E-state index in [1.165, 1.54) is 25.5 Å². The number of benzene rings is 1. The van der Waals surface area contributed by atoms with Crippen molar-refractivity contribution in [1.82, 2.24) is 9.80 Å². The predicted molar refractivity (Wildman–Crippen MR) is 115 cm³/mol. The minimum atomic E-state index is -0.335. The highest BCUT2D eigenvalue weighted by atomic mass is 16.5. The third kappa shape index (κ3) is 3.54. The number of nitrogens with zero attached hydrogens (tertiary/aromatic N) is 2. The molecule has 2 aliphatic carbocycles. The van der Waals surface area contributed by atoms with Gasteiger partial charge in [-0.2, -0.15) is 0 Å². The molecule has 3 aliphatic rings. The first-order valence-electron chi connectivity index (χ1n) is 11.0. The van der Waals surface area contributed by atoms with Gasteiger partial charge in [0.05, 0.1) is 14.2 Å². The van der Waals surface area contributed by atoms with Crippen LogP contribution in [0.5, 0.6) is 5.75 Å². The number of rotatable bonds is 4. The van der Waals surface area contributed by atoms with Crippen LogP contribution in [0.25, 0.3) is 0 Å². The van der Waals surface area contributed by atoms with E-state index < -0.39 is 0 Å². The Morgan fingerprint density at radius 3 is 2.30 bits per heavy atom. The van der Waals surface area contributed by atoms with Gasteiger partial charge in [-0.15, -0.1) is 0 Å². The maximum absolute atomic E-state index is 13.0. The van der Waals surface area contributed by atoms with Crippen LogP contribution in [0.4, 0.5) is 4.79 Å². The van der Waals surface area contributed by atoms with E-state index in [4.69, 9.17) is 9.47 Å². The summed E-state index contributed by atoms with van der Waals surface area (Å²) in [5.41, 5.74) is 1.44. The lowest BCUT2D eigenvalue weighted by molar-refractivity contribution is -0.147. The van der Waals surface area contributed by atoms with Crippen LogP contribution in [0.2, 0.25) is 0 Å². The molecule has 6 nitrogen and oxygen atoms in total. The first-order chi connectivity index (χ1) is 14.3. The normalized spacial score (nSPS) is 27.7. The van der Waals surface area contributed by atoms with E-state index in [0.29, 0.717) is 11.3 Å². The number of hydrogen-bond donors (Lipinski definition) is 0. The molecule has 3 fully saturated rings. The molecular weight excluding hydrogens is 380 g/mol. The lowest BCUT2D eigenvalue weighted by Gasteiger charge is -2.54. The van der Waals surface area contributed by atoms with Crippen LogP contribution in [0.1, 0.15) is 56.9 Å². The summed E-state index contributed by atoms with van der Waals surface area (Å²) < 4.78 is 10.4. The van der Waals surface area contributed by atoms with Gasteiger partial charge in [0.25, 0.3) is 0 Å². The van der Waals surface area contributed by atoms with Crippen molar-refractivity contribution in [2.24, 2.45) is 11.3 Å². The minimum Gasteiger partial charge on any atom is -0.496 e. The highest BCUT2D eigenvalue weighted by Gasteiger charge is 2.51. The second-order valence-electron chi connectivity index (χ2n) is 9.80. The van der Waals surface area contributed by atoms with Crippen LogP contribution in [0.3, 0.4) is 0 Å². The molecule has 0 atom stereocenters. The molecule has 2 amide bonds. The first-order valence-corrected chi connectivity index (χ1v) is 11.0. The average Bonchev–Trinajstić information content (AvgIpc) is 2.73. The van der Waals surface area contributed by atoms with Crippen molar-refractivity contribution in [2.45, 2.75) is 56.9 Å². The smallest absolute Gasteiger partial charge is 0.409 e. The Morgan fingerprint density at radius 2 is 1.70 bits per heavy atom. The van der Waals surface area contributed by atoms with Crippen molar-refractivity contribution in [3.05, 3.63) is 29.8 Å². The van der Waals surface area contributed by atoms with E-state index in [1.807, 2.05) is 19.1 Å². The molecule has 164 valence electrons. The van der Waals surface area contributed by atoms with Gasteiger partial charge >= 0.3 is 6.09 Å². The molecular formula is C24H34N2O4. The minimum absolute atomic E-state index is 0.0267. The predicted octanol–water partition coefficient (Wildman–Crippen LogP) is 4.05. The van der Waals surface area contributed by atoms with E-state index in [-0.39, 0.29) is 23.5 Å². The second-order valence-corrected chi connectivity index (χ2v) is 9.80. The third-order valence-corrected chi connectivity index (χ3v) is 8.05. The molecule has 4 rings (SSSR count). The quantitative estimate of drug-likeness (QED) is 0.746. The van der Waals surface area contributed by atoms with Gasteiger partial charge in [-0.1, -0.05) is 18.2 Å². The van der Waals surface area contributed by atoms with Crippen LogP contribution in [0, 0.1) is 11.3 Å². The lowest BCUT2D eigenvalue weighted by Crippen LogP contribution is -2.60. The number of carbonyl (C=O) groups is 2. The number of piperidine rings is 1. The van der Waals surface area contributed by atoms with E-state index in [1.54, 1.807) is 19.1 Å². The molecule has 1 spiro atoms. The highest BCUT2D eigenvalue weighted by Crippen LogP contribution is 2.58. The Morgan fingerprint density at radius 1 is 1.07 bits per heavy atom. The fourth-order valence-corrected chi connectivity index (χ4v) is 5.88. The largest absolute Gasteiger partial charge is 0.496 e. The number of para-hydroxylation sites is 1. The summed E-state index contributed by atoms with van der Waals surface area (Å²) in [6.07, 6.45) is 5.68. The molecule has 0 aromatic heterocycles. The standard InChI is InChI=1S/C24H34N2O4/c1-23(25(2)22(28)30-4)13-18(14-23)21(27)26-11-9-24(10-12-26)15-17(16-24)19-7-5-6-8-20(19)29-3/h5-8,17-18H,9-16H2,1-4H3. The van der Waals surface area contributed by atoms with Gasteiger partial charge in [-0.3, -0.25) is 4.79 Å². The molecule has 1 aromatic carbocycles. The van der Waals surface area contributed by atoms with Gasteiger partial charge in [0.15, 0.2) is 0 Å². The summed E-state index contributed by atoms with van der Waals surface area (Å²) >= 11 is 0. The Balaban J connectivity index is 1.27. The van der Waals surface area contributed by atoms with Gasteiger partial charge in [0.2, 0.25) is 5.91 Å². The molecule has 6 heteroatoms. The van der Waals surface area contributed by atoms with Crippen molar-refractivity contribution >= 4 is 12.0 Å². The Kier molecular flexibility index (Phi) is 5.45. The van der Waals surface area contributed by atoms with Crippen molar-refractivity contribution in [3.8, 4) is 5.75 Å². The molecule has 1 aromatic rings. The van der Waals surface area contributed by atoms with Gasteiger partial charge in [-0.25, -0.2) is 4.79 Å². The van der Waals surface area contributed by atoms with Crippen LogP contribution >= 0.6 is 0 Å². The molecule has 2 saturated carbocycles. The summed E-state index contributed by atoms with van der Waals surface area (Å²) in [4.78, 5) is 28.5. The van der Waals surface area contributed by atoms with Gasteiger partial charge in [0, 0.05) is 31.6 Å². The Bertz CT molecular complexity index is 801. The number of methoxy groups -OCH3 is 2.